The van der Waals surface area contributed by atoms with E-state index in [0.717, 1.165) is 0 Å². The SMILES string of the molecule is O=C(CCn1c(=O)oc2ccccc21)OCc1coc(-c2ccc(F)cc2)n1. The molecule has 0 saturated heterocycles. The first-order valence-electron chi connectivity index (χ1n) is 8.54. The lowest BCUT2D eigenvalue weighted by atomic mass is 10.2. The van der Waals surface area contributed by atoms with Gasteiger partial charge >= 0.3 is 11.7 Å². The highest BCUT2D eigenvalue weighted by molar-refractivity contribution is 5.73. The van der Waals surface area contributed by atoms with Gasteiger partial charge in [-0.25, -0.2) is 14.2 Å². The molecule has 2 aromatic heterocycles. The van der Waals surface area contributed by atoms with E-state index in [1.807, 2.05) is 0 Å². The lowest BCUT2D eigenvalue weighted by Crippen LogP contribution is -2.17. The summed E-state index contributed by atoms with van der Waals surface area (Å²) in [5.41, 5.74) is 2.14. The van der Waals surface area contributed by atoms with E-state index in [1.165, 1.54) is 23.0 Å². The Balaban J connectivity index is 1.34. The molecular weight excluding hydrogens is 367 g/mol. The summed E-state index contributed by atoms with van der Waals surface area (Å²) in [5, 5.41) is 0. The maximum Gasteiger partial charge on any atom is 0.419 e. The van der Waals surface area contributed by atoms with Crippen LogP contribution in [0.1, 0.15) is 12.1 Å². The van der Waals surface area contributed by atoms with Crippen LogP contribution in [0.3, 0.4) is 0 Å². The Hall–Kier alpha value is -3.68. The van der Waals surface area contributed by atoms with Gasteiger partial charge in [-0.3, -0.25) is 9.36 Å². The van der Waals surface area contributed by atoms with E-state index in [0.29, 0.717) is 28.2 Å². The minimum absolute atomic E-state index is 0.00606. The van der Waals surface area contributed by atoms with Crippen molar-refractivity contribution >= 4 is 17.1 Å². The summed E-state index contributed by atoms with van der Waals surface area (Å²) in [6.07, 6.45) is 1.38. The summed E-state index contributed by atoms with van der Waals surface area (Å²) in [6.45, 7) is 0.0822. The number of aryl methyl sites for hydroxylation is 1. The predicted octanol–water partition coefficient (Wildman–Crippen LogP) is 3.52. The molecule has 0 aliphatic carbocycles. The number of hydrogen-bond donors (Lipinski definition) is 0. The van der Waals surface area contributed by atoms with E-state index in [9.17, 15) is 14.0 Å². The third-order valence-electron chi connectivity index (χ3n) is 4.14. The number of nitrogens with zero attached hydrogens (tertiary/aromatic N) is 2. The van der Waals surface area contributed by atoms with Gasteiger partial charge in [0.05, 0.1) is 11.9 Å². The predicted molar refractivity (Wildman–Crippen MR) is 96.8 cm³/mol. The number of oxazole rings is 2. The standard InChI is InChI=1S/C20H15FN2O5/c21-14-7-5-13(6-8-14)19-22-15(12-27-19)11-26-18(24)9-10-23-16-3-1-2-4-17(16)28-20(23)25/h1-8,12H,9-11H2. The monoisotopic (exact) mass is 382 g/mol. The molecule has 2 heterocycles. The van der Waals surface area contributed by atoms with Crippen LogP contribution in [0.4, 0.5) is 4.39 Å². The van der Waals surface area contributed by atoms with Crippen molar-refractivity contribution in [3.05, 3.63) is 76.9 Å². The summed E-state index contributed by atoms with van der Waals surface area (Å²) in [6, 6.07) is 12.7. The molecule has 8 heteroatoms. The van der Waals surface area contributed by atoms with Gasteiger partial charge in [0, 0.05) is 12.1 Å². The number of fused-ring (bicyclic) bond motifs is 1. The molecule has 0 saturated carbocycles. The molecule has 4 aromatic rings. The average molecular weight is 382 g/mol. The highest BCUT2D eigenvalue weighted by Gasteiger charge is 2.13. The maximum absolute atomic E-state index is 13.0. The molecule has 0 bridgehead atoms. The Morgan fingerprint density at radius 2 is 1.93 bits per heavy atom. The van der Waals surface area contributed by atoms with E-state index in [1.54, 1.807) is 36.4 Å². The Kier molecular flexibility index (Phi) is 4.76. The number of aromatic nitrogens is 2. The van der Waals surface area contributed by atoms with Crippen LogP contribution in [0.2, 0.25) is 0 Å². The number of carbonyl (C=O) groups excluding carboxylic acids is 1. The molecule has 4 rings (SSSR count). The third kappa shape index (κ3) is 3.71. The summed E-state index contributed by atoms with van der Waals surface area (Å²) in [4.78, 5) is 28.1. The third-order valence-corrected chi connectivity index (χ3v) is 4.14. The highest BCUT2D eigenvalue weighted by atomic mass is 19.1. The molecule has 0 spiro atoms. The number of para-hydroxylation sites is 2. The van der Waals surface area contributed by atoms with E-state index in [4.69, 9.17) is 13.6 Å². The first kappa shape index (κ1) is 17.7. The number of halogens is 1. The smallest absolute Gasteiger partial charge is 0.419 e. The summed E-state index contributed by atoms with van der Waals surface area (Å²) in [7, 11) is 0. The highest BCUT2D eigenvalue weighted by Crippen LogP contribution is 2.19. The van der Waals surface area contributed by atoms with Crippen molar-refractivity contribution in [2.45, 2.75) is 19.6 Å². The number of carbonyl (C=O) groups is 1. The van der Waals surface area contributed by atoms with Gasteiger partial charge in [-0.1, -0.05) is 12.1 Å². The van der Waals surface area contributed by atoms with Gasteiger partial charge in [0.2, 0.25) is 5.89 Å². The number of hydrogen-bond acceptors (Lipinski definition) is 6. The molecule has 0 radical (unpaired) electrons. The molecule has 0 unspecified atom stereocenters. The van der Waals surface area contributed by atoms with Crippen molar-refractivity contribution in [3.63, 3.8) is 0 Å². The van der Waals surface area contributed by atoms with E-state index < -0.39 is 11.7 Å². The second kappa shape index (κ2) is 7.51. The second-order valence-corrected chi connectivity index (χ2v) is 6.05. The zero-order valence-electron chi connectivity index (χ0n) is 14.6. The van der Waals surface area contributed by atoms with Gasteiger partial charge in [-0.05, 0) is 36.4 Å². The van der Waals surface area contributed by atoms with Crippen LogP contribution in [0, 0.1) is 5.82 Å². The zero-order chi connectivity index (χ0) is 19.5. The van der Waals surface area contributed by atoms with Crippen molar-refractivity contribution in [2.75, 3.05) is 0 Å². The average Bonchev–Trinajstić information content (AvgIpc) is 3.29. The molecule has 0 atom stereocenters. The number of rotatable bonds is 6. The van der Waals surface area contributed by atoms with Gasteiger partial charge in [0.1, 0.15) is 24.4 Å². The zero-order valence-corrected chi connectivity index (χ0v) is 14.6. The molecule has 142 valence electrons. The second-order valence-electron chi connectivity index (χ2n) is 6.05. The Labute approximate surface area is 158 Å². The lowest BCUT2D eigenvalue weighted by Gasteiger charge is -2.03. The van der Waals surface area contributed by atoms with Gasteiger partial charge in [0.25, 0.3) is 0 Å². The quantitative estimate of drug-likeness (QED) is 0.474. The van der Waals surface area contributed by atoms with Gasteiger partial charge in [-0.2, -0.15) is 0 Å². The van der Waals surface area contributed by atoms with Crippen molar-refractivity contribution in [3.8, 4) is 11.5 Å². The summed E-state index contributed by atoms with van der Waals surface area (Å²) in [5.74, 6) is -1.05. The molecule has 0 amide bonds. The van der Waals surface area contributed by atoms with E-state index in [-0.39, 0.29) is 25.4 Å². The summed E-state index contributed by atoms with van der Waals surface area (Å²) < 4.78 is 30.0. The Morgan fingerprint density at radius 3 is 2.75 bits per heavy atom. The normalized spacial score (nSPS) is 11.0. The first-order valence-corrected chi connectivity index (χ1v) is 8.54. The molecular formula is C20H15FN2O5. The van der Waals surface area contributed by atoms with Crippen LogP contribution in [-0.2, 0) is 22.7 Å². The molecule has 7 nitrogen and oxygen atoms in total. The molecule has 0 N–H and O–H groups in total. The molecule has 2 aromatic carbocycles. The largest absolute Gasteiger partial charge is 0.459 e. The minimum Gasteiger partial charge on any atom is -0.459 e. The van der Waals surface area contributed by atoms with Crippen LogP contribution < -0.4 is 5.76 Å². The minimum atomic E-state index is -0.519. The molecule has 0 fully saturated rings. The fourth-order valence-electron chi connectivity index (χ4n) is 2.75. The number of benzene rings is 2. The topological polar surface area (TPSA) is 87.5 Å². The van der Waals surface area contributed by atoms with Crippen LogP contribution in [0.25, 0.3) is 22.6 Å². The van der Waals surface area contributed by atoms with Crippen LogP contribution in [0.15, 0.2) is 68.4 Å². The fourth-order valence-corrected chi connectivity index (χ4v) is 2.75. The van der Waals surface area contributed by atoms with Gasteiger partial charge in [-0.15, -0.1) is 0 Å². The van der Waals surface area contributed by atoms with E-state index in [2.05, 4.69) is 4.98 Å². The Bertz CT molecular complexity index is 1170. The van der Waals surface area contributed by atoms with Crippen LogP contribution in [-0.4, -0.2) is 15.5 Å². The van der Waals surface area contributed by atoms with Crippen LogP contribution >= 0.6 is 0 Å². The number of ether oxygens (including phenoxy) is 1. The maximum atomic E-state index is 13.0. The van der Waals surface area contributed by atoms with Crippen molar-refractivity contribution in [1.82, 2.24) is 9.55 Å². The number of esters is 1. The van der Waals surface area contributed by atoms with E-state index >= 15 is 0 Å². The molecule has 0 aliphatic rings. The lowest BCUT2D eigenvalue weighted by molar-refractivity contribution is -0.145. The van der Waals surface area contributed by atoms with Gasteiger partial charge < -0.3 is 13.6 Å². The van der Waals surface area contributed by atoms with Crippen molar-refractivity contribution in [1.29, 1.82) is 0 Å². The summed E-state index contributed by atoms with van der Waals surface area (Å²) >= 11 is 0. The molecule has 0 aliphatic heterocycles. The van der Waals surface area contributed by atoms with Crippen molar-refractivity contribution < 1.29 is 22.8 Å². The van der Waals surface area contributed by atoms with Crippen LogP contribution in [0.5, 0.6) is 0 Å². The fraction of sp³-hybridized carbons (Fsp3) is 0.150. The van der Waals surface area contributed by atoms with Crippen molar-refractivity contribution in [2.24, 2.45) is 0 Å². The Morgan fingerprint density at radius 1 is 1.14 bits per heavy atom. The first-order chi connectivity index (χ1) is 13.6. The van der Waals surface area contributed by atoms with Gasteiger partial charge in [0.15, 0.2) is 5.58 Å². The molecule has 28 heavy (non-hydrogen) atoms.